The molecule has 1 aromatic rings. The minimum Gasteiger partial charge on any atom is -0.355 e. The lowest BCUT2D eigenvalue weighted by atomic mass is 10.2. The van der Waals surface area contributed by atoms with Crippen LogP contribution in [0.1, 0.15) is 17.3 Å². The molecular weight excluding hydrogens is 222 g/mol. The van der Waals surface area contributed by atoms with Gasteiger partial charge in [-0.2, -0.15) is 0 Å². The third kappa shape index (κ3) is 4.47. The van der Waals surface area contributed by atoms with Crippen LogP contribution in [0.5, 0.6) is 0 Å². The lowest BCUT2D eigenvalue weighted by Gasteiger charge is -2.06. The van der Waals surface area contributed by atoms with Crippen LogP contribution in [0.15, 0.2) is 18.3 Å². The Morgan fingerprint density at radius 2 is 2.06 bits per heavy atom. The van der Waals surface area contributed by atoms with Crippen LogP contribution in [0.2, 0.25) is 0 Å². The summed E-state index contributed by atoms with van der Waals surface area (Å²) in [5.74, 6) is 5.23. The Hall–Kier alpha value is -2.15. The predicted octanol–water partition coefficient (Wildman–Crippen LogP) is -0.767. The zero-order chi connectivity index (χ0) is 12.7. The van der Waals surface area contributed by atoms with E-state index in [1.54, 1.807) is 6.07 Å². The first-order chi connectivity index (χ1) is 8.13. The Morgan fingerprint density at radius 3 is 2.71 bits per heavy atom. The van der Waals surface area contributed by atoms with Crippen LogP contribution in [0.4, 0.5) is 5.82 Å². The van der Waals surface area contributed by atoms with Crippen molar-refractivity contribution in [1.82, 2.24) is 15.6 Å². The van der Waals surface area contributed by atoms with E-state index in [1.165, 1.54) is 19.2 Å². The second kappa shape index (κ2) is 6.44. The van der Waals surface area contributed by atoms with Crippen molar-refractivity contribution < 1.29 is 9.59 Å². The van der Waals surface area contributed by atoms with Gasteiger partial charge in [0.05, 0.1) is 0 Å². The highest BCUT2D eigenvalue weighted by Gasteiger charge is 2.05. The second-order valence-corrected chi connectivity index (χ2v) is 3.31. The van der Waals surface area contributed by atoms with Crippen molar-refractivity contribution in [1.29, 1.82) is 0 Å². The van der Waals surface area contributed by atoms with Gasteiger partial charge in [-0.25, -0.2) is 10.8 Å². The number of anilines is 1. The molecule has 0 fully saturated rings. The van der Waals surface area contributed by atoms with Crippen molar-refractivity contribution in [2.45, 2.75) is 6.92 Å². The Labute approximate surface area is 98.8 Å². The summed E-state index contributed by atoms with van der Waals surface area (Å²) >= 11 is 0. The van der Waals surface area contributed by atoms with Gasteiger partial charge < -0.3 is 16.1 Å². The molecule has 0 saturated heterocycles. The molecule has 0 atom stereocenters. The molecule has 0 spiro atoms. The quantitative estimate of drug-likeness (QED) is 0.305. The lowest BCUT2D eigenvalue weighted by Crippen LogP contribution is -2.33. The Morgan fingerprint density at radius 1 is 1.35 bits per heavy atom. The van der Waals surface area contributed by atoms with E-state index in [4.69, 9.17) is 5.84 Å². The molecule has 0 aliphatic heterocycles. The van der Waals surface area contributed by atoms with Gasteiger partial charge in [-0.05, 0) is 12.1 Å². The van der Waals surface area contributed by atoms with Gasteiger partial charge in [0, 0.05) is 31.8 Å². The van der Waals surface area contributed by atoms with Crippen LogP contribution in [-0.2, 0) is 4.79 Å². The van der Waals surface area contributed by atoms with E-state index in [-0.39, 0.29) is 11.8 Å². The number of hydrogen-bond donors (Lipinski definition) is 4. The lowest BCUT2D eigenvalue weighted by molar-refractivity contribution is -0.118. The molecule has 2 amide bonds. The van der Waals surface area contributed by atoms with E-state index in [2.05, 4.69) is 21.0 Å². The fourth-order valence-electron chi connectivity index (χ4n) is 1.17. The molecule has 5 N–H and O–H groups in total. The average Bonchev–Trinajstić information content (AvgIpc) is 2.34. The summed E-state index contributed by atoms with van der Waals surface area (Å²) < 4.78 is 0. The number of carbonyl (C=O) groups is 2. The van der Waals surface area contributed by atoms with E-state index in [0.717, 1.165) is 0 Å². The number of aromatic nitrogens is 1. The highest BCUT2D eigenvalue weighted by atomic mass is 16.2. The van der Waals surface area contributed by atoms with Crippen LogP contribution in [-0.4, -0.2) is 29.9 Å². The number of nitrogen functional groups attached to an aromatic ring is 1. The molecule has 0 radical (unpaired) electrons. The van der Waals surface area contributed by atoms with Gasteiger partial charge in [-0.15, -0.1) is 0 Å². The van der Waals surface area contributed by atoms with Gasteiger partial charge in [0.15, 0.2) is 0 Å². The molecule has 0 aliphatic carbocycles. The molecule has 1 heterocycles. The van der Waals surface area contributed by atoms with E-state index in [0.29, 0.717) is 24.5 Å². The van der Waals surface area contributed by atoms with Crippen molar-refractivity contribution in [3.8, 4) is 0 Å². The molecule has 0 aromatic carbocycles. The molecule has 17 heavy (non-hydrogen) atoms. The maximum Gasteiger partial charge on any atom is 0.251 e. The third-order valence-electron chi connectivity index (χ3n) is 1.95. The van der Waals surface area contributed by atoms with Gasteiger partial charge in [-0.1, -0.05) is 0 Å². The maximum absolute atomic E-state index is 11.6. The fraction of sp³-hybridized carbons (Fsp3) is 0.300. The molecule has 0 unspecified atom stereocenters. The topological polar surface area (TPSA) is 109 Å². The number of pyridine rings is 1. The molecule has 7 nitrogen and oxygen atoms in total. The average molecular weight is 237 g/mol. The Bertz CT molecular complexity index is 407. The first kappa shape index (κ1) is 12.9. The number of carbonyl (C=O) groups excluding carboxylic acids is 2. The highest BCUT2D eigenvalue weighted by molar-refractivity contribution is 5.94. The van der Waals surface area contributed by atoms with E-state index >= 15 is 0 Å². The zero-order valence-corrected chi connectivity index (χ0v) is 9.49. The Kier molecular flexibility index (Phi) is 4.89. The minimum atomic E-state index is -0.241. The number of hydrogen-bond acceptors (Lipinski definition) is 5. The number of nitrogens with two attached hydrogens (primary N) is 1. The van der Waals surface area contributed by atoms with Crippen molar-refractivity contribution in [3.05, 3.63) is 23.9 Å². The molecule has 1 rings (SSSR count). The standard InChI is InChI=1S/C10H15N5O2/c1-7(16)12-4-5-14-10(17)8-2-3-13-9(6-8)15-11/h2-3,6H,4-5,11H2,1H3,(H,12,16)(H,13,15)(H,14,17). The third-order valence-corrected chi connectivity index (χ3v) is 1.95. The molecule has 7 heteroatoms. The predicted molar refractivity (Wildman–Crippen MR) is 63.1 cm³/mol. The minimum absolute atomic E-state index is 0.127. The molecule has 0 bridgehead atoms. The fourth-order valence-corrected chi connectivity index (χ4v) is 1.17. The normalized spacial score (nSPS) is 9.53. The monoisotopic (exact) mass is 237 g/mol. The van der Waals surface area contributed by atoms with Gasteiger partial charge in [0.1, 0.15) is 5.82 Å². The summed E-state index contributed by atoms with van der Waals surface area (Å²) in [4.78, 5) is 26.1. The molecular formula is C10H15N5O2. The summed E-state index contributed by atoms with van der Waals surface area (Å²) in [5.41, 5.74) is 2.81. The van der Waals surface area contributed by atoms with E-state index < -0.39 is 0 Å². The largest absolute Gasteiger partial charge is 0.355 e. The van der Waals surface area contributed by atoms with Gasteiger partial charge in [0.25, 0.3) is 5.91 Å². The highest BCUT2D eigenvalue weighted by Crippen LogP contribution is 2.04. The number of nitrogens with zero attached hydrogens (tertiary/aromatic N) is 1. The van der Waals surface area contributed by atoms with Crippen LogP contribution < -0.4 is 21.9 Å². The SMILES string of the molecule is CC(=O)NCCNC(=O)c1ccnc(NN)c1. The van der Waals surface area contributed by atoms with E-state index in [9.17, 15) is 9.59 Å². The summed E-state index contributed by atoms with van der Waals surface area (Å²) in [6.07, 6.45) is 1.48. The van der Waals surface area contributed by atoms with Crippen molar-refractivity contribution in [2.75, 3.05) is 18.5 Å². The van der Waals surface area contributed by atoms with E-state index in [1.807, 2.05) is 0 Å². The molecule has 0 saturated carbocycles. The zero-order valence-electron chi connectivity index (χ0n) is 9.49. The number of hydrazine groups is 1. The van der Waals surface area contributed by atoms with Crippen molar-refractivity contribution >= 4 is 17.6 Å². The van der Waals surface area contributed by atoms with Gasteiger partial charge in [0.2, 0.25) is 5.91 Å². The summed E-state index contributed by atoms with van der Waals surface area (Å²) in [7, 11) is 0. The van der Waals surface area contributed by atoms with Crippen LogP contribution in [0.3, 0.4) is 0 Å². The summed E-state index contributed by atoms with van der Waals surface area (Å²) in [6.45, 7) is 2.18. The maximum atomic E-state index is 11.6. The van der Waals surface area contributed by atoms with Crippen LogP contribution in [0, 0.1) is 0 Å². The first-order valence-corrected chi connectivity index (χ1v) is 5.09. The summed E-state index contributed by atoms with van der Waals surface area (Å²) in [6, 6.07) is 3.11. The van der Waals surface area contributed by atoms with Crippen LogP contribution >= 0.6 is 0 Å². The summed E-state index contributed by atoms with van der Waals surface area (Å²) in [5, 5.41) is 5.23. The molecule has 92 valence electrons. The smallest absolute Gasteiger partial charge is 0.251 e. The number of amides is 2. The van der Waals surface area contributed by atoms with Crippen molar-refractivity contribution in [2.24, 2.45) is 5.84 Å². The molecule has 1 aromatic heterocycles. The first-order valence-electron chi connectivity index (χ1n) is 5.09. The Balaban J connectivity index is 2.43. The second-order valence-electron chi connectivity index (χ2n) is 3.31. The van der Waals surface area contributed by atoms with Crippen LogP contribution in [0.25, 0.3) is 0 Å². The van der Waals surface area contributed by atoms with Crippen molar-refractivity contribution in [3.63, 3.8) is 0 Å². The number of nitrogens with one attached hydrogen (secondary N) is 3. The van der Waals surface area contributed by atoms with Gasteiger partial charge >= 0.3 is 0 Å². The van der Waals surface area contributed by atoms with Gasteiger partial charge in [-0.3, -0.25) is 9.59 Å². The number of rotatable bonds is 5. The molecule has 0 aliphatic rings.